The maximum atomic E-state index is 5.99. The normalized spacial score (nSPS) is 15.4. The van der Waals surface area contributed by atoms with Crippen LogP contribution < -0.4 is 15.5 Å². The number of pyridine rings is 2. The molecule has 3 heterocycles. The summed E-state index contributed by atoms with van der Waals surface area (Å²) in [6.07, 6.45) is 1.79. The number of hydrogen-bond acceptors (Lipinski definition) is 5. The van der Waals surface area contributed by atoms with Gasteiger partial charge in [0.2, 0.25) is 0 Å². The van der Waals surface area contributed by atoms with E-state index in [9.17, 15) is 0 Å². The third-order valence-corrected chi connectivity index (χ3v) is 3.59. The van der Waals surface area contributed by atoms with Crippen LogP contribution >= 0.6 is 0 Å². The van der Waals surface area contributed by atoms with E-state index in [1.54, 1.807) is 6.20 Å². The second-order valence-electron chi connectivity index (χ2n) is 5.03. The van der Waals surface area contributed by atoms with Gasteiger partial charge in [-0.15, -0.1) is 0 Å². The van der Waals surface area contributed by atoms with Gasteiger partial charge in [-0.3, -0.25) is 0 Å². The Kier molecular flexibility index (Phi) is 3.41. The highest BCUT2D eigenvalue weighted by atomic mass is 15.3. The summed E-state index contributed by atoms with van der Waals surface area (Å²) in [6, 6.07) is 9.91. The lowest BCUT2D eigenvalue weighted by Crippen LogP contribution is -2.47. The minimum absolute atomic E-state index is 0.745. The predicted molar refractivity (Wildman–Crippen MR) is 82.0 cm³/mol. The molecule has 0 atom stereocenters. The van der Waals surface area contributed by atoms with Crippen LogP contribution in [0.2, 0.25) is 0 Å². The van der Waals surface area contributed by atoms with Gasteiger partial charge in [-0.05, 0) is 31.2 Å². The summed E-state index contributed by atoms with van der Waals surface area (Å²) in [5.41, 5.74) is 7.79. The van der Waals surface area contributed by atoms with Crippen molar-refractivity contribution < 1.29 is 0 Å². The summed E-state index contributed by atoms with van der Waals surface area (Å²) in [4.78, 5) is 13.5. The van der Waals surface area contributed by atoms with Crippen LogP contribution in [0.1, 0.15) is 5.69 Å². The summed E-state index contributed by atoms with van der Waals surface area (Å²) in [7, 11) is 0. The number of anilines is 3. The Balaban J connectivity index is 1.70. The number of hydrogen-bond donors (Lipinski definition) is 1. The van der Waals surface area contributed by atoms with Crippen LogP contribution in [0, 0.1) is 6.92 Å². The Labute approximate surface area is 119 Å². The van der Waals surface area contributed by atoms with E-state index < -0.39 is 0 Å². The lowest BCUT2D eigenvalue weighted by molar-refractivity contribution is 0.642. The van der Waals surface area contributed by atoms with Gasteiger partial charge in [0.15, 0.2) is 5.82 Å². The van der Waals surface area contributed by atoms with Crippen molar-refractivity contribution in [2.24, 2.45) is 0 Å². The Bertz CT molecular complexity index is 590. The zero-order chi connectivity index (χ0) is 13.9. The molecule has 0 unspecified atom stereocenters. The third kappa shape index (κ3) is 2.52. The van der Waals surface area contributed by atoms with Crippen molar-refractivity contribution in [1.82, 2.24) is 9.97 Å². The Morgan fingerprint density at radius 1 is 1.00 bits per heavy atom. The van der Waals surface area contributed by atoms with Crippen LogP contribution in [0.3, 0.4) is 0 Å². The molecule has 2 aromatic rings. The lowest BCUT2D eigenvalue weighted by Gasteiger charge is -2.36. The smallest absolute Gasteiger partial charge is 0.151 e. The standard InChI is InChI=1S/C15H19N5/c1-12-4-2-6-14(18-12)19-8-10-20(11-9-19)15-13(16)5-3-7-17-15/h2-7H,8-11,16H2,1H3. The molecule has 0 aliphatic carbocycles. The van der Waals surface area contributed by atoms with Gasteiger partial charge in [0.1, 0.15) is 5.82 Å². The monoisotopic (exact) mass is 269 g/mol. The van der Waals surface area contributed by atoms with Gasteiger partial charge in [-0.2, -0.15) is 0 Å². The van der Waals surface area contributed by atoms with Gasteiger partial charge in [-0.1, -0.05) is 6.07 Å². The molecule has 1 aliphatic heterocycles. The van der Waals surface area contributed by atoms with E-state index in [0.29, 0.717) is 0 Å². The second kappa shape index (κ2) is 5.36. The van der Waals surface area contributed by atoms with E-state index in [1.165, 1.54) is 0 Å². The first-order chi connectivity index (χ1) is 9.74. The summed E-state index contributed by atoms with van der Waals surface area (Å²) in [5, 5.41) is 0. The SMILES string of the molecule is Cc1cccc(N2CCN(c3ncccc3N)CC2)n1. The van der Waals surface area contributed by atoms with Crippen molar-refractivity contribution in [3.05, 3.63) is 42.2 Å². The van der Waals surface area contributed by atoms with Crippen LogP contribution in [0.25, 0.3) is 0 Å². The minimum Gasteiger partial charge on any atom is -0.396 e. The summed E-state index contributed by atoms with van der Waals surface area (Å²) in [5.74, 6) is 1.95. The molecular weight excluding hydrogens is 250 g/mol. The van der Waals surface area contributed by atoms with Crippen molar-refractivity contribution in [2.45, 2.75) is 6.92 Å². The molecule has 5 heteroatoms. The van der Waals surface area contributed by atoms with Gasteiger partial charge in [0, 0.05) is 38.1 Å². The Hall–Kier alpha value is -2.30. The average molecular weight is 269 g/mol. The molecule has 2 N–H and O–H groups in total. The summed E-state index contributed by atoms with van der Waals surface area (Å²) >= 11 is 0. The second-order valence-corrected chi connectivity index (χ2v) is 5.03. The van der Waals surface area contributed by atoms with Crippen LogP contribution in [-0.2, 0) is 0 Å². The molecule has 0 saturated carbocycles. The fraction of sp³-hybridized carbons (Fsp3) is 0.333. The van der Waals surface area contributed by atoms with E-state index in [-0.39, 0.29) is 0 Å². The predicted octanol–water partition coefficient (Wildman–Crippen LogP) is 1.69. The number of piperazine rings is 1. The molecule has 20 heavy (non-hydrogen) atoms. The average Bonchev–Trinajstić information content (AvgIpc) is 2.48. The maximum Gasteiger partial charge on any atom is 0.151 e. The van der Waals surface area contributed by atoms with E-state index in [0.717, 1.165) is 49.2 Å². The molecule has 0 bridgehead atoms. The number of nitrogens with zero attached hydrogens (tertiary/aromatic N) is 4. The van der Waals surface area contributed by atoms with Crippen LogP contribution in [0.4, 0.5) is 17.3 Å². The number of aromatic nitrogens is 2. The molecule has 1 saturated heterocycles. The van der Waals surface area contributed by atoms with Crippen LogP contribution in [0.5, 0.6) is 0 Å². The van der Waals surface area contributed by atoms with Gasteiger partial charge in [-0.25, -0.2) is 9.97 Å². The molecule has 0 aromatic carbocycles. The molecule has 2 aromatic heterocycles. The van der Waals surface area contributed by atoms with Crippen molar-refractivity contribution in [1.29, 1.82) is 0 Å². The largest absolute Gasteiger partial charge is 0.396 e. The zero-order valence-corrected chi connectivity index (χ0v) is 11.7. The minimum atomic E-state index is 0.745. The first kappa shape index (κ1) is 12.7. The molecule has 0 radical (unpaired) electrons. The molecular formula is C15H19N5. The molecule has 5 nitrogen and oxygen atoms in total. The highest BCUT2D eigenvalue weighted by Gasteiger charge is 2.20. The first-order valence-corrected chi connectivity index (χ1v) is 6.88. The highest BCUT2D eigenvalue weighted by Crippen LogP contribution is 2.22. The van der Waals surface area contributed by atoms with Crippen LogP contribution in [0.15, 0.2) is 36.5 Å². The van der Waals surface area contributed by atoms with E-state index in [1.807, 2.05) is 25.1 Å². The zero-order valence-electron chi connectivity index (χ0n) is 11.7. The number of nitrogen functional groups attached to an aromatic ring is 1. The van der Waals surface area contributed by atoms with E-state index in [2.05, 4.69) is 31.9 Å². The third-order valence-electron chi connectivity index (χ3n) is 3.59. The van der Waals surface area contributed by atoms with Crippen molar-refractivity contribution in [2.75, 3.05) is 41.7 Å². The topological polar surface area (TPSA) is 58.3 Å². The van der Waals surface area contributed by atoms with E-state index in [4.69, 9.17) is 5.73 Å². The highest BCUT2D eigenvalue weighted by molar-refractivity contribution is 5.62. The Morgan fingerprint density at radius 3 is 2.45 bits per heavy atom. The number of aryl methyl sites for hydroxylation is 1. The number of nitrogens with two attached hydrogens (primary N) is 1. The fourth-order valence-corrected chi connectivity index (χ4v) is 2.53. The van der Waals surface area contributed by atoms with Crippen molar-refractivity contribution in [3.8, 4) is 0 Å². The molecule has 1 fully saturated rings. The van der Waals surface area contributed by atoms with E-state index >= 15 is 0 Å². The lowest BCUT2D eigenvalue weighted by atomic mass is 10.2. The van der Waals surface area contributed by atoms with Crippen molar-refractivity contribution >= 4 is 17.3 Å². The Morgan fingerprint density at radius 2 is 1.75 bits per heavy atom. The molecule has 3 rings (SSSR count). The first-order valence-electron chi connectivity index (χ1n) is 6.88. The maximum absolute atomic E-state index is 5.99. The fourth-order valence-electron chi connectivity index (χ4n) is 2.53. The molecule has 0 amide bonds. The van der Waals surface area contributed by atoms with Gasteiger partial charge in [0.25, 0.3) is 0 Å². The van der Waals surface area contributed by atoms with Crippen LogP contribution in [-0.4, -0.2) is 36.1 Å². The number of rotatable bonds is 2. The molecule has 104 valence electrons. The van der Waals surface area contributed by atoms with Crippen molar-refractivity contribution in [3.63, 3.8) is 0 Å². The summed E-state index contributed by atoms with van der Waals surface area (Å²) < 4.78 is 0. The molecule has 1 aliphatic rings. The van der Waals surface area contributed by atoms with Gasteiger partial charge < -0.3 is 15.5 Å². The van der Waals surface area contributed by atoms with Gasteiger partial charge in [0.05, 0.1) is 5.69 Å². The van der Waals surface area contributed by atoms with Gasteiger partial charge >= 0.3 is 0 Å². The molecule has 0 spiro atoms. The summed E-state index contributed by atoms with van der Waals surface area (Å²) in [6.45, 7) is 5.72. The quantitative estimate of drug-likeness (QED) is 0.899.